The summed E-state index contributed by atoms with van der Waals surface area (Å²) >= 11 is 7.58. The molecule has 0 heterocycles. The van der Waals surface area contributed by atoms with Gasteiger partial charge in [-0.15, -0.1) is 11.8 Å². The van der Waals surface area contributed by atoms with E-state index in [4.69, 9.17) is 16.3 Å². The normalized spacial score (nSPS) is 10.3. The molecule has 3 aromatic rings. The van der Waals surface area contributed by atoms with Gasteiger partial charge in [-0.1, -0.05) is 41.9 Å². The maximum absolute atomic E-state index is 12.3. The van der Waals surface area contributed by atoms with Crippen molar-refractivity contribution in [2.75, 3.05) is 7.11 Å². The first-order chi connectivity index (χ1) is 14.5. The Bertz CT molecular complexity index is 1010. The van der Waals surface area contributed by atoms with Crippen molar-refractivity contribution in [1.29, 1.82) is 0 Å². The minimum Gasteiger partial charge on any atom is -0.496 e. The van der Waals surface area contributed by atoms with Gasteiger partial charge in [0, 0.05) is 26.8 Å². The van der Waals surface area contributed by atoms with Crippen LogP contribution in [0.25, 0.3) is 0 Å². The van der Waals surface area contributed by atoms with Crippen molar-refractivity contribution >= 4 is 35.2 Å². The lowest BCUT2D eigenvalue weighted by atomic mass is 10.1. The van der Waals surface area contributed by atoms with Gasteiger partial charge in [-0.3, -0.25) is 20.4 Å². The average Bonchev–Trinajstić information content (AvgIpc) is 2.78. The Hall–Kier alpha value is -2.96. The highest BCUT2D eigenvalue weighted by Gasteiger charge is 2.10. The first-order valence-electron chi connectivity index (χ1n) is 9.23. The molecule has 30 heavy (non-hydrogen) atoms. The predicted octanol–water partition coefficient (Wildman–Crippen LogP) is 4.64. The number of amides is 2. The SMILES string of the molecule is COc1ccccc1CC(=O)NNC(=O)c1ccc(CSc2ccc(Cl)cc2)cc1. The number of rotatable bonds is 7. The lowest BCUT2D eigenvalue weighted by Gasteiger charge is -2.10. The summed E-state index contributed by atoms with van der Waals surface area (Å²) in [6, 6.07) is 22.2. The van der Waals surface area contributed by atoms with Gasteiger partial charge in [-0.25, -0.2) is 0 Å². The van der Waals surface area contributed by atoms with Gasteiger partial charge >= 0.3 is 0 Å². The van der Waals surface area contributed by atoms with Crippen LogP contribution in [0.2, 0.25) is 5.02 Å². The van der Waals surface area contributed by atoms with Crippen LogP contribution < -0.4 is 15.6 Å². The van der Waals surface area contributed by atoms with E-state index in [1.54, 1.807) is 43.1 Å². The molecule has 0 bridgehead atoms. The number of nitrogens with one attached hydrogen (secondary N) is 2. The quantitative estimate of drug-likeness (QED) is 0.414. The molecule has 0 fully saturated rings. The van der Waals surface area contributed by atoms with E-state index >= 15 is 0 Å². The molecule has 0 aliphatic heterocycles. The maximum Gasteiger partial charge on any atom is 0.269 e. The number of hydrogen-bond acceptors (Lipinski definition) is 4. The first-order valence-corrected chi connectivity index (χ1v) is 10.6. The number of hydrazine groups is 1. The van der Waals surface area contributed by atoms with E-state index in [-0.39, 0.29) is 18.2 Å². The lowest BCUT2D eigenvalue weighted by Crippen LogP contribution is -2.42. The zero-order valence-electron chi connectivity index (χ0n) is 16.4. The Morgan fingerprint density at radius 1 is 0.933 bits per heavy atom. The minimum atomic E-state index is -0.375. The van der Waals surface area contributed by atoms with Crippen LogP contribution in [0.5, 0.6) is 5.75 Å². The van der Waals surface area contributed by atoms with Crippen molar-refractivity contribution in [1.82, 2.24) is 10.9 Å². The molecule has 3 aromatic carbocycles. The fraction of sp³-hybridized carbons (Fsp3) is 0.130. The van der Waals surface area contributed by atoms with Gasteiger partial charge in [0.25, 0.3) is 5.91 Å². The number of carbonyl (C=O) groups is 2. The topological polar surface area (TPSA) is 67.4 Å². The van der Waals surface area contributed by atoms with Crippen LogP contribution in [0.1, 0.15) is 21.5 Å². The molecule has 3 rings (SSSR count). The van der Waals surface area contributed by atoms with E-state index < -0.39 is 0 Å². The molecule has 154 valence electrons. The van der Waals surface area contributed by atoms with Gasteiger partial charge in [-0.2, -0.15) is 0 Å². The molecule has 0 atom stereocenters. The summed E-state index contributed by atoms with van der Waals surface area (Å²) in [5, 5.41) is 0.713. The van der Waals surface area contributed by atoms with Crippen molar-refractivity contribution in [2.24, 2.45) is 0 Å². The van der Waals surface area contributed by atoms with Crippen LogP contribution in [-0.2, 0) is 17.0 Å². The maximum atomic E-state index is 12.3. The van der Waals surface area contributed by atoms with Crippen molar-refractivity contribution in [2.45, 2.75) is 17.1 Å². The summed E-state index contributed by atoms with van der Waals surface area (Å²) in [5.74, 6) is 0.703. The molecule has 0 saturated heterocycles. The van der Waals surface area contributed by atoms with Crippen LogP contribution in [0.4, 0.5) is 0 Å². The smallest absolute Gasteiger partial charge is 0.269 e. The number of benzene rings is 3. The molecule has 2 amide bonds. The van der Waals surface area contributed by atoms with Gasteiger partial charge in [-0.05, 0) is 48.0 Å². The number of methoxy groups -OCH3 is 1. The second-order valence-corrected chi connectivity index (χ2v) is 7.92. The van der Waals surface area contributed by atoms with E-state index in [9.17, 15) is 9.59 Å². The number of carbonyl (C=O) groups excluding carboxylic acids is 2. The van der Waals surface area contributed by atoms with Gasteiger partial charge in [0.05, 0.1) is 13.5 Å². The Labute approximate surface area is 184 Å². The minimum absolute atomic E-state index is 0.102. The molecule has 0 spiro atoms. The van der Waals surface area contributed by atoms with Crippen LogP contribution in [0.15, 0.2) is 77.7 Å². The Kier molecular flexibility index (Phi) is 7.76. The van der Waals surface area contributed by atoms with Crippen molar-refractivity contribution in [3.63, 3.8) is 0 Å². The first kappa shape index (κ1) is 21.7. The van der Waals surface area contributed by atoms with Crippen molar-refractivity contribution in [3.8, 4) is 5.75 Å². The van der Waals surface area contributed by atoms with E-state index in [0.29, 0.717) is 16.3 Å². The summed E-state index contributed by atoms with van der Waals surface area (Å²) in [7, 11) is 1.55. The summed E-state index contributed by atoms with van der Waals surface area (Å²) in [5.41, 5.74) is 7.18. The Morgan fingerprint density at radius 3 is 2.33 bits per heavy atom. The zero-order valence-corrected chi connectivity index (χ0v) is 17.9. The molecule has 0 saturated carbocycles. The molecule has 5 nitrogen and oxygen atoms in total. The Balaban J connectivity index is 1.48. The van der Waals surface area contributed by atoms with E-state index in [1.807, 2.05) is 48.5 Å². The highest BCUT2D eigenvalue weighted by Crippen LogP contribution is 2.24. The molecule has 0 aliphatic carbocycles. The monoisotopic (exact) mass is 440 g/mol. The molecular weight excluding hydrogens is 420 g/mol. The zero-order chi connectivity index (χ0) is 21.3. The lowest BCUT2D eigenvalue weighted by molar-refractivity contribution is -0.121. The molecule has 2 N–H and O–H groups in total. The highest BCUT2D eigenvalue weighted by molar-refractivity contribution is 7.98. The van der Waals surface area contributed by atoms with E-state index in [2.05, 4.69) is 10.9 Å². The number of para-hydroxylation sites is 1. The molecule has 0 aromatic heterocycles. The summed E-state index contributed by atoms with van der Waals surface area (Å²) in [6.45, 7) is 0. The number of halogens is 1. The van der Waals surface area contributed by atoms with E-state index in [1.165, 1.54) is 0 Å². The fourth-order valence-electron chi connectivity index (χ4n) is 2.71. The van der Waals surface area contributed by atoms with Crippen LogP contribution in [0, 0.1) is 0 Å². The van der Waals surface area contributed by atoms with Gasteiger partial charge < -0.3 is 4.74 Å². The molecule has 0 radical (unpaired) electrons. The van der Waals surface area contributed by atoms with Crippen LogP contribution in [-0.4, -0.2) is 18.9 Å². The van der Waals surface area contributed by atoms with Gasteiger partial charge in [0.1, 0.15) is 5.75 Å². The Morgan fingerprint density at radius 2 is 1.63 bits per heavy atom. The van der Waals surface area contributed by atoms with Gasteiger partial charge in [0.2, 0.25) is 5.91 Å². The third kappa shape index (κ3) is 6.27. The average molecular weight is 441 g/mol. The van der Waals surface area contributed by atoms with Gasteiger partial charge in [0.15, 0.2) is 0 Å². The summed E-state index contributed by atoms with van der Waals surface area (Å²) in [6.07, 6.45) is 0.102. The largest absolute Gasteiger partial charge is 0.496 e. The second kappa shape index (κ2) is 10.7. The molecular formula is C23H21ClN2O3S. The van der Waals surface area contributed by atoms with Crippen LogP contribution >= 0.6 is 23.4 Å². The van der Waals surface area contributed by atoms with Crippen molar-refractivity contribution < 1.29 is 14.3 Å². The van der Waals surface area contributed by atoms with Crippen molar-refractivity contribution in [3.05, 3.63) is 94.5 Å². The highest BCUT2D eigenvalue weighted by atomic mass is 35.5. The predicted molar refractivity (Wildman–Crippen MR) is 120 cm³/mol. The fourth-order valence-corrected chi connectivity index (χ4v) is 3.69. The van der Waals surface area contributed by atoms with Crippen LogP contribution in [0.3, 0.4) is 0 Å². The molecule has 0 aliphatic rings. The van der Waals surface area contributed by atoms with E-state index in [0.717, 1.165) is 21.8 Å². The second-order valence-electron chi connectivity index (χ2n) is 6.43. The molecule has 7 heteroatoms. The summed E-state index contributed by atoms with van der Waals surface area (Å²) in [4.78, 5) is 25.5. The number of hydrogen-bond donors (Lipinski definition) is 2. The summed E-state index contributed by atoms with van der Waals surface area (Å²) < 4.78 is 5.23. The number of thioether (sulfide) groups is 1. The number of ether oxygens (including phenoxy) is 1. The standard InChI is InChI=1S/C23H21ClN2O3S/c1-29-21-5-3-2-4-18(21)14-22(27)25-26-23(28)17-8-6-16(7-9-17)15-30-20-12-10-19(24)11-13-20/h2-13H,14-15H2,1H3,(H,25,27)(H,26,28). The molecule has 0 unspecified atom stereocenters. The third-order valence-electron chi connectivity index (χ3n) is 4.29. The third-order valence-corrected chi connectivity index (χ3v) is 5.63.